The number of amides is 1. The van der Waals surface area contributed by atoms with Gasteiger partial charge in [0, 0.05) is 44.1 Å². The van der Waals surface area contributed by atoms with Crippen LogP contribution in [0.15, 0.2) is 91.3 Å². The van der Waals surface area contributed by atoms with Gasteiger partial charge in [-0.2, -0.15) is 0 Å². The number of rotatable bonds is 5. The number of benzene rings is 2. The molecule has 0 saturated carbocycles. The standard InChI is InChI=1S/C27H25N5O/c33-27(19-21-8-10-23(11-9-21)22-5-2-1-3-6-22)32-17-15-31(16-18-32)26-13-12-25(29-30-26)24-7-4-14-28-20-24/h1-14,20H,15-19H2. The maximum Gasteiger partial charge on any atom is 0.227 e. The number of nitrogens with zero attached hydrogens (tertiary/aromatic N) is 5. The van der Waals surface area contributed by atoms with Gasteiger partial charge in [-0.3, -0.25) is 9.78 Å². The van der Waals surface area contributed by atoms with Crippen molar-refractivity contribution in [3.8, 4) is 22.4 Å². The Labute approximate surface area is 193 Å². The summed E-state index contributed by atoms with van der Waals surface area (Å²) in [5.74, 6) is 1.01. The molecular weight excluding hydrogens is 410 g/mol. The van der Waals surface area contributed by atoms with Gasteiger partial charge < -0.3 is 9.80 Å². The summed E-state index contributed by atoms with van der Waals surface area (Å²) in [6, 6.07) is 26.4. The molecule has 1 aliphatic heterocycles. The van der Waals surface area contributed by atoms with Gasteiger partial charge in [-0.1, -0.05) is 54.6 Å². The van der Waals surface area contributed by atoms with E-state index in [9.17, 15) is 4.79 Å². The third-order valence-electron chi connectivity index (χ3n) is 5.98. The first-order valence-electron chi connectivity index (χ1n) is 11.2. The number of carbonyl (C=O) groups is 1. The predicted molar refractivity (Wildman–Crippen MR) is 130 cm³/mol. The molecule has 2 aromatic carbocycles. The second-order valence-electron chi connectivity index (χ2n) is 8.13. The van der Waals surface area contributed by atoms with Gasteiger partial charge in [-0.25, -0.2) is 0 Å². The van der Waals surface area contributed by atoms with Crippen LogP contribution in [-0.2, 0) is 11.2 Å². The van der Waals surface area contributed by atoms with E-state index < -0.39 is 0 Å². The highest BCUT2D eigenvalue weighted by molar-refractivity contribution is 5.79. The minimum absolute atomic E-state index is 0.167. The molecule has 0 aliphatic carbocycles. The van der Waals surface area contributed by atoms with Gasteiger partial charge in [0.25, 0.3) is 0 Å². The average molecular weight is 436 g/mol. The number of carbonyl (C=O) groups excluding carboxylic acids is 1. The maximum absolute atomic E-state index is 12.8. The lowest BCUT2D eigenvalue weighted by Crippen LogP contribution is -2.49. The average Bonchev–Trinajstić information content (AvgIpc) is 2.90. The van der Waals surface area contributed by atoms with Crippen LogP contribution < -0.4 is 4.90 Å². The van der Waals surface area contributed by atoms with Crippen LogP contribution in [-0.4, -0.2) is 52.2 Å². The molecular formula is C27H25N5O. The van der Waals surface area contributed by atoms with Crippen LogP contribution in [0.25, 0.3) is 22.4 Å². The molecule has 4 aromatic rings. The summed E-state index contributed by atoms with van der Waals surface area (Å²) in [5.41, 5.74) is 5.14. The molecule has 0 atom stereocenters. The molecule has 1 saturated heterocycles. The monoisotopic (exact) mass is 435 g/mol. The van der Waals surface area contributed by atoms with E-state index in [0.29, 0.717) is 19.5 Å². The molecule has 5 rings (SSSR count). The van der Waals surface area contributed by atoms with Gasteiger partial charge in [0.1, 0.15) is 0 Å². The largest absolute Gasteiger partial charge is 0.352 e. The van der Waals surface area contributed by atoms with Crippen LogP contribution in [0.2, 0.25) is 0 Å². The zero-order chi connectivity index (χ0) is 22.5. The lowest BCUT2D eigenvalue weighted by molar-refractivity contribution is -0.130. The molecule has 1 aliphatic rings. The Morgan fingerprint density at radius 3 is 2.12 bits per heavy atom. The van der Waals surface area contributed by atoms with E-state index in [0.717, 1.165) is 41.3 Å². The summed E-state index contributed by atoms with van der Waals surface area (Å²) in [6.07, 6.45) is 3.95. The number of hydrogen-bond donors (Lipinski definition) is 0. The SMILES string of the molecule is O=C(Cc1ccc(-c2ccccc2)cc1)N1CCN(c2ccc(-c3cccnc3)nn2)CC1. The molecule has 2 aromatic heterocycles. The van der Waals surface area contributed by atoms with Crippen LogP contribution in [0, 0.1) is 0 Å². The lowest BCUT2D eigenvalue weighted by atomic mass is 10.0. The van der Waals surface area contributed by atoms with E-state index in [2.05, 4.69) is 56.5 Å². The highest BCUT2D eigenvalue weighted by atomic mass is 16.2. The van der Waals surface area contributed by atoms with Crippen molar-refractivity contribution in [2.75, 3.05) is 31.1 Å². The normalized spacial score (nSPS) is 13.7. The number of hydrogen-bond acceptors (Lipinski definition) is 5. The summed E-state index contributed by atoms with van der Waals surface area (Å²) in [5, 5.41) is 8.75. The first kappa shape index (κ1) is 20.8. The van der Waals surface area contributed by atoms with E-state index in [1.54, 1.807) is 12.4 Å². The summed E-state index contributed by atoms with van der Waals surface area (Å²) in [7, 11) is 0. The molecule has 1 fully saturated rings. The van der Waals surface area contributed by atoms with Gasteiger partial charge in [-0.15, -0.1) is 10.2 Å². The van der Waals surface area contributed by atoms with Crippen molar-refractivity contribution >= 4 is 11.7 Å². The summed E-state index contributed by atoms with van der Waals surface area (Å²) >= 11 is 0. The third kappa shape index (κ3) is 4.90. The molecule has 164 valence electrons. The van der Waals surface area contributed by atoms with E-state index in [4.69, 9.17) is 0 Å². The molecule has 6 nitrogen and oxygen atoms in total. The van der Waals surface area contributed by atoms with Crippen molar-refractivity contribution in [2.24, 2.45) is 0 Å². The van der Waals surface area contributed by atoms with Crippen LogP contribution in [0.1, 0.15) is 5.56 Å². The Kier molecular flexibility index (Phi) is 6.06. The number of pyridine rings is 1. The lowest BCUT2D eigenvalue weighted by Gasteiger charge is -2.35. The van der Waals surface area contributed by atoms with Crippen LogP contribution in [0.3, 0.4) is 0 Å². The maximum atomic E-state index is 12.8. The Morgan fingerprint density at radius 1 is 0.727 bits per heavy atom. The fourth-order valence-corrected chi connectivity index (χ4v) is 4.08. The molecule has 0 unspecified atom stereocenters. The Hall–Kier alpha value is -4.06. The highest BCUT2D eigenvalue weighted by Gasteiger charge is 2.22. The fraction of sp³-hybridized carbons (Fsp3) is 0.185. The first-order chi connectivity index (χ1) is 16.3. The minimum Gasteiger partial charge on any atom is -0.352 e. The highest BCUT2D eigenvalue weighted by Crippen LogP contribution is 2.21. The van der Waals surface area contributed by atoms with Crippen LogP contribution in [0.5, 0.6) is 0 Å². The Morgan fingerprint density at radius 2 is 1.45 bits per heavy atom. The van der Waals surface area contributed by atoms with Crippen molar-refractivity contribution in [1.82, 2.24) is 20.1 Å². The third-order valence-corrected chi connectivity index (χ3v) is 5.98. The van der Waals surface area contributed by atoms with Crippen molar-refractivity contribution in [3.63, 3.8) is 0 Å². The van der Waals surface area contributed by atoms with Crippen LogP contribution in [0.4, 0.5) is 5.82 Å². The second-order valence-corrected chi connectivity index (χ2v) is 8.13. The second kappa shape index (κ2) is 9.61. The predicted octanol–water partition coefficient (Wildman–Crippen LogP) is 4.10. The Balaban J connectivity index is 1.15. The topological polar surface area (TPSA) is 62.2 Å². The summed E-state index contributed by atoms with van der Waals surface area (Å²) in [6.45, 7) is 2.87. The summed E-state index contributed by atoms with van der Waals surface area (Å²) < 4.78 is 0. The van der Waals surface area contributed by atoms with E-state index in [1.807, 2.05) is 47.4 Å². The van der Waals surface area contributed by atoms with Crippen molar-refractivity contribution in [1.29, 1.82) is 0 Å². The molecule has 0 spiro atoms. The zero-order valence-corrected chi connectivity index (χ0v) is 18.3. The van der Waals surface area contributed by atoms with E-state index in [-0.39, 0.29) is 5.91 Å². The van der Waals surface area contributed by atoms with Gasteiger partial charge in [-0.05, 0) is 41.0 Å². The van der Waals surface area contributed by atoms with Gasteiger partial charge in [0.15, 0.2) is 5.82 Å². The van der Waals surface area contributed by atoms with Crippen LogP contribution >= 0.6 is 0 Å². The molecule has 33 heavy (non-hydrogen) atoms. The number of piperazine rings is 1. The molecule has 1 amide bonds. The molecule has 3 heterocycles. The number of anilines is 1. The van der Waals surface area contributed by atoms with E-state index >= 15 is 0 Å². The smallest absolute Gasteiger partial charge is 0.227 e. The summed E-state index contributed by atoms with van der Waals surface area (Å²) in [4.78, 5) is 21.1. The van der Waals surface area contributed by atoms with Crippen molar-refractivity contribution in [3.05, 3.63) is 96.8 Å². The quantitative estimate of drug-likeness (QED) is 0.472. The number of aromatic nitrogens is 3. The van der Waals surface area contributed by atoms with Crippen molar-refractivity contribution < 1.29 is 4.79 Å². The van der Waals surface area contributed by atoms with Gasteiger partial charge in [0.2, 0.25) is 5.91 Å². The molecule has 0 radical (unpaired) electrons. The fourth-order valence-electron chi connectivity index (χ4n) is 4.08. The molecule has 0 N–H and O–H groups in total. The molecule has 0 bridgehead atoms. The molecule has 6 heteroatoms. The van der Waals surface area contributed by atoms with Gasteiger partial charge in [0.05, 0.1) is 12.1 Å². The minimum atomic E-state index is 0.167. The zero-order valence-electron chi connectivity index (χ0n) is 18.3. The van der Waals surface area contributed by atoms with Crippen molar-refractivity contribution in [2.45, 2.75) is 6.42 Å². The Bertz CT molecular complexity index is 1190. The van der Waals surface area contributed by atoms with Gasteiger partial charge >= 0.3 is 0 Å². The van der Waals surface area contributed by atoms with E-state index in [1.165, 1.54) is 5.56 Å². The first-order valence-corrected chi connectivity index (χ1v) is 11.2.